The molecule has 2 heterocycles. The highest BCUT2D eigenvalue weighted by molar-refractivity contribution is 9.10. The Kier molecular flexibility index (Phi) is 2.79. The van der Waals surface area contributed by atoms with Gasteiger partial charge in [0.2, 0.25) is 0 Å². The third-order valence-corrected chi connectivity index (χ3v) is 2.56. The summed E-state index contributed by atoms with van der Waals surface area (Å²) in [7, 11) is 1.73. The molecule has 0 amide bonds. The molecule has 2 aromatic heterocycles. The largest absolute Gasteiger partial charge is 0.313 e. The number of imidazole rings is 1. The molecular formula is C9H9BrN4O. The zero-order chi connectivity index (χ0) is 10.8. The van der Waals surface area contributed by atoms with Crippen molar-refractivity contribution in [2.75, 3.05) is 13.6 Å². The molecule has 0 aliphatic carbocycles. The summed E-state index contributed by atoms with van der Waals surface area (Å²) in [4.78, 5) is 19.8. The highest BCUT2D eigenvalue weighted by Gasteiger charge is 2.15. The Balaban J connectivity index is 2.57. The van der Waals surface area contributed by atoms with Crippen LogP contribution in [0.3, 0.4) is 0 Å². The lowest BCUT2D eigenvalue weighted by atomic mass is 10.2. The van der Waals surface area contributed by atoms with Crippen molar-refractivity contribution in [2.24, 2.45) is 0 Å². The second kappa shape index (κ2) is 4.08. The SMILES string of the molecule is CNCC(=O)c1nc(Br)n2ccncc12. The topological polar surface area (TPSA) is 59.3 Å². The molecule has 0 saturated heterocycles. The molecule has 0 fully saturated rings. The standard InChI is InChI=1S/C9H9BrN4O/c1-11-5-7(15)8-6-4-12-2-3-14(6)9(10)13-8/h2-4,11H,5H2,1H3. The van der Waals surface area contributed by atoms with Crippen LogP contribution in [-0.4, -0.2) is 33.7 Å². The summed E-state index contributed by atoms with van der Waals surface area (Å²) in [6, 6.07) is 0. The molecule has 0 aliphatic rings. The Morgan fingerprint density at radius 1 is 1.67 bits per heavy atom. The summed E-state index contributed by atoms with van der Waals surface area (Å²) in [5.74, 6) is -0.0475. The molecule has 0 atom stereocenters. The van der Waals surface area contributed by atoms with E-state index in [1.54, 1.807) is 30.0 Å². The van der Waals surface area contributed by atoms with Crippen molar-refractivity contribution < 1.29 is 4.79 Å². The van der Waals surface area contributed by atoms with E-state index in [0.29, 0.717) is 15.9 Å². The molecule has 2 rings (SSSR count). The predicted octanol–water partition coefficient (Wildman–Crippen LogP) is 0.894. The molecule has 1 N–H and O–H groups in total. The van der Waals surface area contributed by atoms with Gasteiger partial charge in [-0.1, -0.05) is 0 Å². The van der Waals surface area contributed by atoms with Gasteiger partial charge in [-0.15, -0.1) is 0 Å². The van der Waals surface area contributed by atoms with Gasteiger partial charge in [0.05, 0.1) is 18.3 Å². The van der Waals surface area contributed by atoms with Gasteiger partial charge < -0.3 is 5.32 Å². The lowest BCUT2D eigenvalue weighted by Gasteiger charge is -1.96. The van der Waals surface area contributed by atoms with Crippen LogP contribution in [0.2, 0.25) is 0 Å². The smallest absolute Gasteiger partial charge is 0.197 e. The number of likely N-dealkylation sites (N-methyl/N-ethyl adjacent to an activating group) is 1. The molecule has 0 saturated carbocycles. The fourth-order valence-electron chi connectivity index (χ4n) is 1.35. The van der Waals surface area contributed by atoms with Crippen molar-refractivity contribution in [1.29, 1.82) is 0 Å². The molecule has 0 spiro atoms. The van der Waals surface area contributed by atoms with E-state index < -0.39 is 0 Å². The monoisotopic (exact) mass is 268 g/mol. The minimum Gasteiger partial charge on any atom is -0.313 e. The molecular weight excluding hydrogens is 260 g/mol. The molecule has 15 heavy (non-hydrogen) atoms. The molecule has 2 aromatic rings. The molecule has 5 nitrogen and oxygen atoms in total. The summed E-state index contributed by atoms with van der Waals surface area (Å²) in [5.41, 5.74) is 1.15. The summed E-state index contributed by atoms with van der Waals surface area (Å²) >= 11 is 3.29. The van der Waals surface area contributed by atoms with E-state index in [1.807, 2.05) is 0 Å². The van der Waals surface area contributed by atoms with E-state index in [-0.39, 0.29) is 12.3 Å². The number of hydrogen-bond acceptors (Lipinski definition) is 4. The third-order valence-electron chi connectivity index (χ3n) is 2.01. The Bertz CT molecular complexity index is 508. The number of ketones is 1. The number of Topliss-reactive ketones (excluding diaryl/α,β-unsaturated/α-hetero) is 1. The fourth-order valence-corrected chi connectivity index (χ4v) is 1.84. The summed E-state index contributed by atoms with van der Waals surface area (Å²) in [6.45, 7) is 0.272. The van der Waals surface area contributed by atoms with Gasteiger partial charge in [-0.05, 0) is 23.0 Å². The van der Waals surface area contributed by atoms with Crippen LogP contribution in [0.4, 0.5) is 0 Å². The number of aromatic nitrogens is 3. The molecule has 78 valence electrons. The van der Waals surface area contributed by atoms with Crippen LogP contribution in [0.15, 0.2) is 23.3 Å². The van der Waals surface area contributed by atoms with E-state index >= 15 is 0 Å². The maximum absolute atomic E-state index is 11.7. The van der Waals surface area contributed by atoms with E-state index in [2.05, 4.69) is 31.2 Å². The lowest BCUT2D eigenvalue weighted by Crippen LogP contribution is -2.19. The Labute approximate surface area is 94.7 Å². The second-order valence-electron chi connectivity index (χ2n) is 3.01. The maximum atomic E-state index is 11.7. The van der Waals surface area contributed by atoms with Crippen LogP contribution in [0.1, 0.15) is 10.5 Å². The fraction of sp³-hybridized carbons (Fsp3) is 0.222. The maximum Gasteiger partial charge on any atom is 0.197 e. The normalized spacial score (nSPS) is 10.8. The van der Waals surface area contributed by atoms with Crippen LogP contribution >= 0.6 is 15.9 Å². The molecule has 0 radical (unpaired) electrons. The number of carbonyl (C=O) groups excluding carboxylic acids is 1. The zero-order valence-corrected chi connectivity index (χ0v) is 9.65. The molecule has 0 aliphatic heterocycles. The Morgan fingerprint density at radius 2 is 2.47 bits per heavy atom. The van der Waals surface area contributed by atoms with E-state index in [0.717, 1.165) is 0 Å². The molecule has 0 bridgehead atoms. The molecule has 0 aromatic carbocycles. The number of rotatable bonds is 3. The summed E-state index contributed by atoms with van der Waals surface area (Å²) in [5, 5.41) is 2.81. The van der Waals surface area contributed by atoms with Crippen LogP contribution in [0.25, 0.3) is 5.52 Å². The summed E-state index contributed by atoms with van der Waals surface area (Å²) < 4.78 is 2.38. The van der Waals surface area contributed by atoms with Gasteiger partial charge in [-0.3, -0.25) is 14.2 Å². The van der Waals surface area contributed by atoms with Gasteiger partial charge in [0, 0.05) is 12.4 Å². The number of fused-ring (bicyclic) bond motifs is 1. The second-order valence-corrected chi connectivity index (χ2v) is 3.72. The minimum atomic E-state index is -0.0475. The van der Waals surface area contributed by atoms with E-state index in [4.69, 9.17) is 0 Å². The van der Waals surface area contributed by atoms with Crippen molar-refractivity contribution >= 4 is 27.2 Å². The molecule has 0 unspecified atom stereocenters. The summed E-state index contributed by atoms with van der Waals surface area (Å²) in [6.07, 6.45) is 5.02. The van der Waals surface area contributed by atoms with Gasteiger partial charge in [-0.2, -0.15) is 0 Å². The Morgan fingerprint density at radius 3 is 3.20 bits per heavy atom. The highest BCUT2D eigenvalue weighted by Crippen LogP contribution is 2.16. The minimum absolute atomic E-state index is 0.0475. The zero-order valence-electron chi connectivity index (χ0n) is 8.07. The average molecular weight is 269 g/mol. The van der Waals surface area contributed by atoms with Gasteiger partial charge >= 0.3 is 0 Å². The van der Waals surface area contributed by atoms with E-state index in [9.17, 15) is 4.79 Å². The first-order chi connectivity index (χ1) is 7.24. The number of nitrogens with zero attached hydrogens (tertiary/aromatic N) is 3. The van der Waals surface area contributed by atoms with Crippen molar-refractivity contribution in [3.8, 4) is 0 Å². The van der Waals surface area contributed by atoms with Crippen molar-refractivity contribution in [3.05, 3.63) is 29.0 Å². The lowest BCUT2D eigenvalue weighted by molar-refractivity contribution is 0.0991. The first kappa shape index (κ1) is 10.3. The Hall–Kier alpha value is -1.27. The van der Waals surface area contributed by atoms with Crippen molar-refractivity contribution in [1.82, 2.24) is 19.7 Å². The molecule has 6 heteroatoms. The van der Waals surface area contributed by atoms with Crippen LogP contribution in [0, 0.1) is 0 Å². The average Bonchev–Trinajstić information content (AvgIpc) is 2.58. The third kappa shape index (κ3) is 1.78. The number of halogens is 1. The van der Waals surface area contributed by atoms with Gasteiger partial charge in [0.25, 0.3) is 0 Å². The van der Waals surface area contributed by atoms with Gasteiger partial charge in [0.1, 0.15) is 5.69 Å². The quantitative estimate of drug-likeness (QED) is 0.841. The van der Waals surface area contributed by atoms with Crippen molar-refractivity contribution in [2.45, 2.75) is 0 Å². The van der Waals surface area contributed by atoms with Crippen molar-refractivity contribution in [3.63, 3.8) is 0 Å². The van der Waals surface area contributed by atoms with Crippen LogP contribution in [0.5, 0.6) is 0 Å². The predicted molar refractivity (Wildman–Crippen MR) is 58.9 cm³/mol. The highest BCUT2D eigenvalue weighted by atomic mass is 79.9. The van der Waals surface area contributed by atoms with Crippen LogP contribution < -0.4 is 5.32 Å². The number of hydrogen-bond donors (Lipinski definition) is 1. The first-order valence-electron chi connectivity index (χ1n) is 4.39. The number of carbonyl (C=O) groups is 1. The van der Waals surface area contributed by atoms with E-state index in [1.165, 1.54) is 0 Å². The van der Waals surface area contributed by atoms with Gasteiger partial charge in [-0.25, -0.2) is 4.98 Å². The number of nitrogens with one attached hydrogen (secondary N) is 1. The van der Waals surface area contributed by atoms with Crippen LogP contribution in [-0.2, 0) is 0 Å². The van der Waals surface area contributed by atoms with Gasteiger partial charge in [0.15, 0.2) is 10.5 Å². The first-order valence-corrected chi connectivity index (χ1v) is 5.18.